The van der Waals surface area contributed by atoms with E-state index in [1.165, 1.54) is 7.05 Å². The lowest BCUT2D eigenvalue weighted by Gasteiger charge is -2.12. The summed E-state index contributed by atoms with van der Waals surface area (Å²) in [5.41, 5.74) is 0. The van der Waals surface area contributed by atoms with E-state index < -0.39 is 18.2 Å². The van der Waals surface area contributed by atoms with E-state index in [4.69, 9.17) is 0 Å². The van der Waals surface area contributed by atoms with E-state index >= 15 is 0 Å². The number of halogens is 3. The molecule has 1 unspecified atom stereocenters. The zero-order chi connectivity index (χ0) is 10.6. The second-order valence-corrected chi connectivity index (χ2v) is 2.42. The minimum absolute atomic E-state index is 0.303. The average molecular weight is 198 g/mol. The van der Waals surface area contributed by atoms with Crippen molar-refractivity contribution in [2.24, 2.45) is 0 Å². The zero-order valence-electron chi connectivity index (χ0n) is 7.77. The molecule has 3 nitrogen and oxygen atoms in total. The first-order valence-electron chi connectivity index (χ1n) is 3.99. The number of urea groups is 1. The summed E-state index contributed by atoms with van der Waals surface area (Å²) >= 11 is 0. The van der Waals surface area contributed by atoms with Crippen LogP contribution >= 0.6 is 0 Å². The highest BCUT2D eigenvalue weighted by molar-refractivity contribution is 5.76. The second kappa shape index (κ2) is 4.34. The quantitative estimate of drug-likeness (QED) is 0.630. The van der Waals surface area contributed by atoms with Crippen molar-refractivity contribution < 1.29 is 18.0 Å². The molecule has 0 aromatic carbocycles. The number of hydrogen-bond acceptors (Lipinski definition) is 1. The van der Waals surface area contributed by atoms with E-state index in [2.05, 4.69) is 0 Å². The molecule has 1 aliphatic heterocycles. The van der Waals surface area contributed by atoms with Gasteiger partial charge in [-0.25, -0.2) is 4.79 Å². The van der Waals surface area contributed by atoms with E-state index in [-0.39, 0.29) is 6.54 Å². The third-order valence-electron chi connectivity index (χ3n) is 1.50. The van der Waals surface area contributed by atoms with Crippen molar-refractivity contribution in [2.45, 2.75) is 26.1 Å². The molecule has 0 aromatic rings. The van der Waals surface area contributed by atoms with Gasteiger partial charge in [0.15, 0.2) is 0 Å². The van der Waals surface area contributed by atoms with Crippen molar-refractivity contribution in [1.82, 2.24) is 10.2 Å². The van der Waals surface area contributed by atoms with Crippen molar-refractivity contribution >= 4 is 6.03 Å². The SMILES string of the molecule is CC.CN1CC(C(F)(F)F)NC1=O. The van der Waals surface area contributed by atoms with Crippen LogP contribution in [-0.4, -0.2) is 36.7 Å². The first-order valence-corrected chi connectivity index (χ1v) is 3.99. The Morgan fingerprint density at radius 3 is 2.08 bits per heavy atom. The topological polar surface area (TPSA) is 32.3 Å². The van der Waals surface area contributed by atoms with Crippen LogP contribution < -0.4 is 5.32 Å². The highest BCUT2D eigenvalue weighted by atomic mass is 19.4. The summed E-state index contributed by atoms with van der Waals surface area (Å²) in [4.78, 5) is 11.5. The molecule has 0 aliphatic carbocycles. The summed E-state index contributed by atoms with van der Waals surface area (Å²) in [7, 11) is 1.32. The Morgan fingerprint density at radius 2 is 1.92 bits per heavy atom. The number of nitrogens with zero attached hydrogens (tertiary/aromatic N) is 1. The number of nitrogens with one attached hydrogen (secondary N) is 1. The molecule has 1 rings (SSSR count). The Bertz CT molecular complexity index is 181. The van der Waals surface area contributed by atoms with Crippen LogP contribution in [0.3, 0.4) is 0 Å². The Labute approximate surface area is 74.9 Å². The molecule has 1 fully saturated rings. The van der Waals surface area contributed by atoms with Gasteiger partial charge in [-0.1, -0.05) is 13.8 Å². The Morgan fingerprint density at radius 1 is 1.46 bits per heavy atom. The van der Waals surface area contributed by atoms with E-state index in [1.807, 2.05) is 13.8 Å². The molecule has 1 aliphatic rings. The smallest absolute Gasteiger partial charge is 0.325 e. The molecule has 2 amide bonds. The zero-order valence-corrected chi connectivity index (χ0v) is 7.77. The Kier molecular flexibility index (Phi) is 4.03. The molecule has 6 heteroatoms. The Balaban J connectivity index is 0.000000671. The maximum Gasteiger partial charge on any atom is 0.410 e. The lowest BCUT2D eigenvalue weighted by Crippen LogP contribution is -2.40. The molecule has 1 atom stereocenters. The molecule has 1 saturated heterocycles. The second-order valence-electron chi connectivity index (χ2n) is 2.42. The molecular formula is C7H13F3N2O. The number of rotatable bonds is 0. The van der Waals surface area contributed by atoms with Gasteiger partial charge in [-0.05, 0) is 0 Å². The predicted octanol–water partition coefficient (Wildman–Crippen LogP) is 1.60. The molecule has 1 heterocycles. The van der Waals surface area contributed by atoms with Gasteiger partial charge in [0.05, 0.1) is 6.54 Å². The van der Waals surface area contributed by atoms with Gasteiger partial charge in [0.1, 0.15) is 6.04 Å². The van der Waals surface area contributed by atoms with Crippen LogP contribution in [0.1, 0.15) is 13.8 Å². The maximum absolute atomic E-state index is 11.9. The van der Waals surface area contributed by atoms with Gasteiger partial charge in [0.25, 0.3) is 0 Å². The Hall–Kier alpha value is -0.940. The molecule has 0 aromatic heterocycles. The van der Waals surface area contributed by atoms with Crippen LogP contribution in [0.5, 0.6) is 0 Å². The summed E-state index contributed by atoms with van der Waals surface area (Å²) < 4.78 is 35.6. The predicted molar refractivity (Wildman–Crippen MR) is 42.4 cm³/mol. The summed E-state index contributed by atoms with van der Waals surface area (Å²) in [5, 5.41) is 1.81. The first kappa shape index (κ1) is 12.1. The molecule has 13 heavy (non-hydrogen) atoms. The molecule has 0 saturated carbocycles. The van der Waals surface area contributed by atoms with Crippen molar-refractivity contribution in [1.29, 1.82) is 0 Å². The molecule has 1 N–H and O–H groups in total. The average Bonchev–Trinajstić information content (AvgIpc) is 2.35. The fourth-order valence-corrected chi connectivity index (χ4v) is 0.847. The van der Waals surface area contributed by atoms with Crippen molar-refractivity contribution in [3.8, 4) is 0 Å². The molecular weight excluding hydrogens is 185 g/mol. The fourth-order valence-electron chi connectivity index (χ4n) is 0.847. The van der Waals surface area contributed by atoms with Gasteiger partial charge < -0.3 is 10.2 Å². The van der Waals surface area contributed by atoms with Gasteiger partial charge in [-0.15, -0.1) is 0 Å². The summed E-state index contributed by atoms with van der Waals surface area (Å²) in [6.45, 7) is 3.70. The number of carbonyl (C=O) groups is 1. The van der Waals surface area contributed by atoms with Gasteiger partial charge in [-0.3, -0.25) is 0 Å². The van der Waals surface area contributed by atoms with Gasteiger partial charge in [0, 0.05) is 7.05 Å². The third kappa shape index (κ3) is 3.12. The summed E-state index contributed by atoms with van der Waals surface area (Å²) in [6, 6.07) is -2.38. The van der Waals surface area contributed by atoms with E-state index in [0.29, 0.717) is 0 Å². The van der Waals surface area contributed by atoms with Crippen LogP contribution in [-0.2, 0) is 0 Å². The van der Waals surface area contributed by atoms with Gasteiger partial charge in [0.2, 0.25) is 0 Å². The maximum atomic E-state index is 11.9. The van der Waals surface area contributed by atoms with E-state index in [1.54, 1.807) is 5.32 Å². The van der Waals surface area contributed by atoms with Crippen LogP contribution in [0.4, 0.5) is 18.0 Å². The summed E-state index contributed by atoms with van der Waals surface area (Å²) in [5.74, 6) is 0. The lowest BCUT2D eigenvalue weighted by atomic mass is 10.3. The number of carbonyl (C=O) groups excluding carboxylic acids is 1. The fraction of sp³-hybridized carbons (Fsp3) is 0.857. The largest absolute Gasteiger partial charge is 0.410 e. The minimum atomic E-state index is -4.33. The normalized spacial score (nSPS) is 22.2. The minimum Gasteiger partial charge on any atom is -0.325 e. The highest BCUT2D eigenvalue weighted by Gasteiger charge is 2.45. The van der Waals surface area contributed by atoms with E-state index in [9.17, 15) is 18.0 Å². The van der Waals surface area contributed by atoms with Crippen LogP contribution in [0, 0.1) is 0 Å². The monoisotopic (exact) mass is 198 g/mol. The summed E-state index contributed by atoms with van der Waals surface area (Å²) in [6.07, 6.45) is -4.33. The first-order chi connectivity index (χ1) is 5.91. The lowest BCUT2D eigenvalue weighted by molar-refractivity contribution is -0.149. The standard InChI is InChI=1S/C5H7F3N2O.C2H6/c1-10-2-3(5(6,7)8)9-4(10)11;1-2/h3H,2H2,1H3,(H,9,11);1-2H3. The van der Waals surface area contributed by atoms with Crippen LogP contribution in [0.25, 0.3) is 0 Å². The molecule has 78 valence electrons. The number of alkyl halides is 3. The number of hydrogen-bond donors (Lipinski definition) is 1. The molecule has 0 radical (unpaired) electrons. The molecule has 0 spiro atoms. The van der Waals surface area contributed by atoms with Crippen molar-refractivity contribution in [3.05, 3.63) is 0 Å². The van der Waals surface area contributed by atoms with Gasteiger partial charge in [-0.2, -0.15) is 13.2 Å². The van der Waals surface area contributed by atoms with Gasteiger partial charge >= 0.3 is 12.2 Å². The van der Waals surface area contributed by atoms with Crippen molar-refractivity contribution in [2.75, 3.05) is 13.6 Å². The number of likely N-dealkylation sites (N-methyl/N-ethyl adjacent to an activating group) is 1. The van der Waals surface area contributed by atoms with E-state index in [0.717, 1.165) is 4.90 Å². The van der Waals surface area contributed by atoms with Crippen LogP contribution in [0.15, 0.2) is 0 Å². The number of amides is 2. The third-order valence-corrected chi connectivity index (χ3v) is 1.50. The molecule has 0 bridgehead atoms. The van der Waals surface area contributed by atoms with Crippen molar-refractivity contribution in [3.63, 3.8) is 0 Å². The van der Waals surface area contributed by atoms with Crippen LogP contribution in [0.2, 0.25) is 0 Å². The highest BCUT2D eigenvalue weighted by Crippen LogP contribution is 2.23.